The third kappa shape index (κ3) is 3.89. The van der Waals surface area contributed by atoms with Gasteiger partial charge < -0.3 is 14.2 Å². The van der Waals surface area contributed by atoms with E-state index in [4.69, 9.17) is 14.2 Å². The number of rotatable bonds is 6. The minimum atomic E-state index is -0.0596. The first kappa shape index (κ1) is 16.4. The molecule has 7 nitrogen and oxygen atoms in total. The number of hydrogen-bond donors (Lipinski definition) is 0. The molecular weight excluding hydrogens is 322 g/mol. The van der Waals surface area contributed by atoms with E-state index < -0.39 is 0 Å². The summed E-state index contributed by atoms with van der Waals surface area (Å²) in [6.07, 6.45) is 0. The van der Waals surface area contributed by atoms with E-state index in [0.717, 1.165) is 0 Å². The predicted molar refractivity (Wildman–Crippen MR) is 89.3 cm³/mol. The number of carbonyl (C=O) groups is 1. The Morgan fingerprint density at radius 2 is 1.24 bits per heavy atom. The van der Waals surface area contributed by atoms with Gasteiger partial charge in [0.05, 0.1) is 14.2 Å². The molecule has 0 fully saturated rings. The van der Waals surface area contributed by atoms with Gasteiger partial charge >= 0.3 is 18.0 Å². The molecule has 1 aromatic heterocycles. The molecule has 126 valence electrons. The summed E-state index contributed by atoms with van der Waals surface area (Å²) >= 11 is 0. The van der Waals surface area contributed by atoms with Gasteiger partial charge in [-0.2, -0.15) is 0 Å². The minimum absolute atomic E-state index is 0.0332. The normalized spacial score (nSPS) is 10.2. The monoisotopic (exact) mass is 337 g/mol. The molecule has 0 saturated carbocycles. The van der Waals surface area contributed by atoms with E-state index in [0.29, 0.717) is 16.9 Å². The zero-order valence-corrected chi connectivity index (χ0v) is 13.7. The summed E-state index contributed by atoms with van der Waals surface area (Å²) in [4.78, 5) is 24.2. The Balaban J connectivity index is 1.78. The maximum atomic E-state index is 12.4. The van der Waals surface area contributed by atoms with E-state index in [1.54, 1.807) is 36.4 Å². The van der Waals surface area contributed by atoms with Crippen LogP contribution in [0.1, 0.15) is 15.9 Å². The largest absolute Gasteiger partial charge is 0.467 e. The summed E-state index contributed by atoms with van der Waals surface area (Å²) in [5.41, 5.74) is 1.19. The summed E-state index contributed by atoms with van der Waals surface area (Å²) < 4.78 is 15.5. The predicted octanol–water partition coefficient (Wildman–Crippen LogP) is 2.91. The smallest absolute Gasteiger partial charge is 0.331 e. The zero-order valence-electron chi connectivity index (χ0n) is 13.7. The van der Waals surface area contributed by atoms with E-state index in [1.165, 1.54) is 14.2 Å². The number of methoxy groups -OCH3 is 2. The van der Waals surface area contributed by atoms with Crippen molar-refractivity contribution in [2.24, 2.45) is 0 Å². The van der Waals surface area contributed by atoms with E-state index in [2.05, 4.69) is 15.0 Å². The molecule has 1 heterocycles. The molecule has 0 radical (unpaired) electrons. The topological polar surface area (TPSA) is 83.4 Å². The van der Waals surface area contributed by atoms with Crippen LogP contribution in [0.25, 0.3) is 0 Å². The van der Waals surface area contributed by atoms with Crippen molar-refractivity contribution in [2.45, 2.75) is 0 Å². The van der Waals surface area contributed by atoms with Gasteiger partial charge in [0.2, 0.25) is 0 Å². The number of carbonyl (C=O) groups excluding carboxylic acids is 1. The van der Waals surface area contributed by atoms with Gasteiger partial charge in [-0.3, -0.25) is 4.79 Å². The third-order valence-corrected chi connectivity index (χ3v) is 3.30. The maximum Gasteiger partial charge on any atom is 0.331 e. The van der Waals surface area contributed by atoms with Crippen LogP contribution in [0.2, 0.25) is 0 Å². The first-order chi connectivity index (χ1) is 12.2. The number of aromatic nitrogens is 3. The number of ketones is 1. The number of hydrogen-bond acceptors (Lipinski definition) is 7. The number of benzene rings is 2. The molecular formula is C18H15N3O4. The van der Waals surface area contributed by atoms with Crippen LogP contribution in [0, 0.1) is 0 Å². The lowest BCUT2D eigenvalue weighted by molar-refractivity contribution is 0.103. The quantitative estimate of drug-likeness (QED) is 0.639. The fraction of sp³-hybridized carbons (Fsp3) is 0.111. The Morgan fingerprint density at radius 1 is 0.720 bits per heavy atom. The second-order valence-corrected chi connectivity index (χ2v) is 4.91. The SMILES string of the molecule is COc1nc(OC)nc(Oc2ccc(C(=O)c3ccccc3)cc2)n1. The Kier molecular flexibility index (Phi) is 4.84. The molecule has 0 spiro atoms. The van der Waals surface area contributed by atoms with Gasteiger partial charge in [0.25, 0.3) is 0 Å². The molecule has 25 heavy (non-hydrogen) atoms. The van der Waals surface area contributed by atoms with Crippen molar-refractivity contribution in [2.75, 3.05) is 14.2 Å². The van der Waals surface area contributed by atoms with Gasteiger partial charge in [-0.15, -0.1) is 15.0 Å². The Labute approximate surface area is 144 Å². The summed E-state index contributed by atoms with van der Waals surface area (Å²) in [6, 6.07) is 16.0. The van der Waals surface area contributed by atoms with Gasteiger partial charge in [-0.05, 0) is 24.3 Å². The van der Waals surface area contributed by atoms with Crippen molar-refractivity contribution in [1.82, 2.24) is 15.0 Å². The van der Waals surface area contributed by atoms with Gasteiger partial charge in [0.15, 0.2) is 5.78 Å². The molecule has 0 amide bonds. The fourth-order valence-electron chi connectivity index (χ4n) is 2.08. The Hall–Kier alpha value is -3.48. The van der Waals surface area contributed by atoms with Crippen LogP contribution in [-0.2, 0) is 0 Å². The van der Waals surface area contributed by atoms with Gasteiger partial charge in [0, 0.05) is 11.1 Å². The minimum Gasteiger partial charge on any atom is -0.467 e. The molecule has 0 bridgehead atoms. The summed E-state index contributed by atoms with van der Waals surface area (Å²) in [7, 11) is 2.87. The van der Waals surface area contributed by atoms with E-state index in [-0.39, 0.29) is 23.8 Å². The van der Waals surface area contributed by atoms with E-state index in [1.807, 2.05) is 18.2 Å². The summed E-state index contributed by atoms with van der Waals surface area (Å²) in [6.45, 7) is 0. The van der Waals surface area contributed by atoms with Crippen LogP contribution in [0.4, 0.5) is 0 Å². The van der Waals surface area contributed by atoms with Crippen molar-refractivity contribution >= 4 is 5.78 Å². The molecule has 3 rings (SSSR count). The molecule has 0 atom stereocenters. The first-order valence-corrected chi connectivity index (χ1v) is 7.41. The number of ether oxygens (including phenoxy) is 3. The second-order valence-electron chi connectivity index (χ2n) is 4.91. The van der Waals surface area contributed by atoms with Crippen LogP contribution < -0.4 is 14.2 Å². The van der Waals surface area contributed by atoms with Crippen molar-refractivity contribution in [3.05, 3.63) is 65.7 Å². The average Bonchev–Trinajstić information content (AvgIpc) is 2.68. The molecule has 0 aliphatic heterocycles. The maximum absolute atomic E-state index is 12.4. The summed E-state index contributed by atoms with van der Waals surface area (Å²) in [5, 5.41) is 0. The van der Waals surface area contributed by atoms with Crippen molar-refractivity contribution in [3.63, 3.8) is 0 Å². The lowest BCUT2D eigenvalue weighted by Crippen LogP contribution is -2.02. The molecule has 0 N–H and O–H groups in total. The molecule has 7 heteroatoms. The molecule has 0 unspecified atom stereocenters. The van der Waals surface area contributed by atoms with Crippen LogP contribution in [0.5, 0.6) is 23.8 Å². The molecule has 0 aliphatic carbocycles. The van der Waals surface area contributed by atoms with Crippen LogP contribution in [-0.4, -0.2) is 35.0 Å². The van der Waals surface area contributed by atoms with Gasteiger partial charge in [-0.25, -0.2) is 0 Å². The summed E-state index contributed by atoms with van der Waals surface area (Å²) in [5.74, 6) is 0.413. The van der Waals surface area contributed by atoms with E-state index in [9.17, 15) is 4.79 Å². The van der Waals surface area contributed by atoms with Gasteiger partial charge in [-0.1, -0.05) is 30.3 Å². The lowest BCUT2D eigenvalue weighted by atomic mass is 10.0. The molecule has 3 aromatic rings. The van der Waals surface area contributed by atoms with Crippen molar-refractivity contribution in [3.8, 4) is 23.8 Å². The number of nitrogens with zero attached hydrogens (tertiary/aromatic N) is 3. The van der Waals surface area contributed by atoms with Crippen molar-refractivity contribution < 1.29 is 19.0 Å². The third-order valence-electron chi connectivity index (χ3n) is 3.30. The highest BCUT2D eigenvalue weighted by Crippen LogP contribution is 2.22. The molecule has 2 aromatic carbocycles. The Bertz CT molecular complexity index is 845. The first-order valence-electron chi connectivity index (χ1n) is 7.41. The standard InChI is InChI=1S/C18H15N3O4/c1-23-16-19-17(24-2)21-18(20-16)25-14-10-8-13(9-11-14)15(22)12-6-4-3-5-7-12/h3-11H,1-2H3. The lowest BCUT2D eigenvalue weighted by Gasteiger charge is -2.07. The average molecular weight is 337 g/mol. The van der Waals surface area contributed by atoms with E-state index >= 15 is 0 Å². The molecule has 0 aliphatic rings. The highest BCUT2D eigenvalue weighted by molar-refractivity contribution is 6.08. The van der Waals surface area contributed by atoms with Crippen molar-refractivity contribution in [1.29, 1.82) is 0 Å². The molecule has 0 saturated heterocycles. The fourth-order valence-corrected chi connectivity index (χ4v) is 2.08. The van der Waals surface area contributed by atoms with Gasteiger partial charge in [0.1, 0.15) is 5.75 Å². The van der Waals surface area contributed by atoms with Crippen LogP contribution >= 0.6 is 0 Å². The highest BCUT2D eigenvalue weighted by atomic mass is 16.5. The second kappa shape index (κ2) is 7.39. The van der Waals surface area contributed by atoms with Crippen LogP contribution in [0.3, 0.4) is 0 Å². The Morgan fingerprint density at radius 3 is 1.80 bits per heavy atom. The zero-order chi connectivity index (χ0) is 17.6. The highest BCUT2D eigenvalue weighted by Gasteiger charge is 2.11. The van der Waals surface area contributed by atoms with Crippen LogP contribution in [0.15, 0.2) is 54.6 Å².